The molecule has 0 amide bonds. The first-order valence-corrected chi connectivity index (χ1v) is 11.2. The Morgan fingerprint density at radius 2 is 1.81 bits per heavy atom. The largest absolute Gasteiger partial charge is 0.367 e. The number of hydrogen-bond acceptors (Lipinski definition) is 3. The highest BCUT2D eigenvalue weighted by atomic mass is 32.2. The maximum absolute atomic E-state index is 11.8. The van der Waals surface area contributed by atoms with E-state index < -0.39 is 10.1 Å². The number of unbranched alkanes of at least 4 members (excludes halogenated alkanes) is 1. The van der Waals surface area contributed by atoms with Crippen LogP contribution in [0.1, 0.15) is 50.7 Å². The third-order valence-corrected chi connectivity index (χ3v) is 5.95. The molecule has 0 aliphatic carbocycles. The van der Waals surface area contributed by atoms with Crippen molar-refractivity contribution in [2.24, 2.45) is 5.92 Å². The van der Waals surface area contributed by atoms with E-state index in [0.717, 1.165) is 25.1 Å². The van der Waals surface area contributed by atoms with Gasteiger partial charge in [0.25, 0.3) is 10.1 Å². The third kappa shape index (κ3) is 6.36. The number of nitrogens with zero attached hydrogens (tertiary/aromatic N) is 1. The van der Waals surface area contributed by atoms with Crippen molar-refractivity contribution in [3.8, 4) is 0 Å². The van der Waals surface area contributed by atoms with E-state index in [9.17, 15) is 13.0 Å². The lowest BCUT2D eigenvalue weighted by molar-refractivity contribution is 0.444. The normalized spacial score (nSPS) is 12.7. The molecule has 4 nitrogen and oxygen atoms in total. The Balaban J connectivity index is 2.36. The molecular weight excluding hydrogens is 358 g/mol. The molecule has 148 valence electrons. The summed E-state index contributed by atoms with van der Waals surface area (Å²) < 4.78 is 33.2. The van der Waals surface area contributed by atoms with Crippen molar-refractivity contribution >= 4 is 15.8 Å². The van der Waals surface area contributed by atoms with Crippen LogP contribution in [-0.2, 0) is 16.7 Å². The molecule has 0 saturated carbocycles. The van der Waals surface area contributed by atoms with Gasteiger partial charge < -0.3 is 4.90 Å². The summed E-state index contributed by atoms with van der Waals surface area (Å²) in [6, 6.07) is 15.0. The number of anilines is 1. The molecule has 0 aliphatic heterocycles. The van der Waals surface area contributed by atoms with Gasteiger partial charge in [-0.15, -0.1) is 0 Å². The first-order chi connectivity index (χ1) is 12.8. The zero-order valence-corrected chi connectivity index (χ0v) is 17.4. The summed E-state index contributed by atoms with van der Waals surface area (Å²) in [5.41, 5.74) is 2.86. The van der Waals surface area contributed by atoms with Gasteiger partial charge in [-0.25, -0.2) is 0 Å². The smallest absolute Gasteiger partial charge is 0.294 e. The minimum atomic E-state index is -4.24. The molecule has 2 aromatic rings. The molecule has 0 saturated heterocycles. The molecule has 0 radical (unpaired) electrons. The molecule has 27 heavy (non-hydrogen) atoms. The minimum Gasteiger partial charge on any atom is -0.367 e. The Bertz CT molecular complexity index is 833. The molecule has 1 atom stereocenters. The molecule has 0 fully saturated rings. The van der Waals surface area contributed by atoms with Crippen molar-refractivity contribution < 1.29 is 13.0 Å². The van der Waals surface area contributed by atoms with Gasteiger partial charge in [0.05, 0.1) is 4.90 Å². The van der Waals surface area contributed by atoms with Crippen molar-refractivity contribution in [1.82, 2.24) is 0 Å². The second kappa shape index (κ2) is 9.90. The summed E-state index contributed by atoms with van der Waals surface area (Å²) in [4.78, 5) is 2.23. The molecule has 0 aliphatic rings. The topological polar surface area (TPSA) is 57.6 Å². The molecule has 2 aromatic carbocycles. The van der Waals surface area contributed by atoms with Crippen LogP contribution >= 0.6 is 0 Å². The standard InChI is InChI=1S/C22H31NO3S/c1-4-6-11-19(5-2)16-23(21-13-9-10-18(3)15-21)17-20-12-7-8-14-22(20)27(24,25)26/h7-10,12-15,19H,4-6,11,16-17H2,1-3H3,(H,24,25,26). The van der Waals surface area contributed by atoms with Crippen LogP contribution in [-0.4, -0.2) is 19.5 Å². The van der Waals surface area contributed by atoms with Crippen LogP contribution in [0, 0.1) is 12.8 Å². The quantitative estimate of drug-likeness (QED) is 0.548. The van der Waals surface area contributed by atoms with Crippen LogP contribution in [0.15, 0.2) is 53.4 Å². The lowest BCUT2D eigenvalue weighted by atomic mass is 9.98. The molecule has 2 rings (SSSR count). The fourth-order valence-corrected chi connectivity index (χ4v) is 4.12. The van der Waals surface area contributed by atoms with Crippen LogP contribution in [0.25, 0.3) is 0 Å². The molecule has 0 spiro atoms. The summed E-state index contributed by atoms with van der Waals surface area (Å²) >= 11 is 0. The summed E-state index contributed by atoms with van der Waals surface area (Å²) in [5, 5.41) is 0. The highest BCUT2D eigenvalue weighted by Crippen LogP contribution is 2.25. The summed E-state index contributed by atoms with van der Waals surface area (Å²) in [5.74, 6) is 0.545. The van der Waals surface area contributed by atoms with Crippen molar-refractivity contribution in [2.45, 2.75) is 57.9 Å². The molecule has 5 heteroatoms. The van der Waals surface area contributed by atoms with E-state index in [2.05, 4.69) is 43.9 Å². The van der Waals surface area contributed by atoms with Crippen LogP contribution in [0.4, 0.5) is 5.69 Å². The fraction of sp³-hybridized carbons (Fsp3) is 0.455. The SMILES string of the molecule is CCCCC(CC)CN(Cc1ccccc1S(=O)(=O)O)c1cccc(C)c1. The molecule has 1 unspecified atom stereocenters. The van der Waals surface area contributed by atoms with Crippen molar-refractivity contribution in [3.05, 3.63) is 59.7 Å². The van der Waals surface area contributed by atoms with Gasteiger partial charge in [-0.3, -0.25) is 4.55 Å². The maximum atomic E-state index is 11.8. The van der Waals surface area contributed by atoms with Crippen LogP contribution in [0.5, 0.6) is 0 Å². The molecular formula is C22H31NO3S. The first-order valence-electron chi connectivity index (χ1n) is 9.72. The monoisotopic (exact) mass is 389 g/mol. The van der Waals surface area contributed by atoms with Crippen molar-refractivity contribution in [2.75, 3.05) is 11.4 Å². The molecule has 0 bridgehead atoms. The number of aryl methyl sites for hydroxylation is 1. The van der Waals surface area contributed by atoms with Crippen LogP contribution in [0.2, 0.25) is 0 Å². The Morgan fingerprint density at radius 3 is 2.44 bits per heavy atom. The zero-order chi connectivity index (χ0) is 19.9. The average Bonchev–Trinajstić information content (AvgIpc) is 2.63. The number of rotatable bonds is 10. The van der Waals surface area contributed by atoms with E-state index in [1.165, 1.54) is 24.5 Å². The van der Waals surface area contributed by atoms with E-state index >= 15 is 0 Å². The highest BCUT2D eigenvalue weighted by Gasteiger charge is 2.19. The van der Waals surface area contributed by atoms with Gasteiger partial charge in [0, 0.05) is 18.8 Å². The van der Waals surface area contributed by atoms with Gasteiger partial charge in [-0.05, 0) is 48.6 Å². The summed E-state index contributed by atoms with van der Waals surface area (Å²) in [6.07, 6.45) is 4.62. The van der Waals surface area contributed by atoms with Gasteiger partial charge in [0.15, 0.2) is 0 Å². The predicted molar refractivity (Wildman–Crippen MR) is 112 cm³/mol. The Labute approximate surface area is 164 Å². The van der Waals surface area contributed by atoms with Crippen LogP contribution in [0.3, 0.4) is 0 Å². The van der Waals surface area contributed by atoms with Gasteiger partial charge >= 0.3 is 0 Å². The van der Waals surface area contributed by atoms with E-state index in [0.29, 0.717) is 18.0 Å². The Hall–Kier alpha value is -1.85. The predicted octanol–water partition coefficient (Wildman–Crippen LogP) is 5.46. The summed E-state index contributed by atoms with van der Waals surface area (Å²) in [6.45, 7) is 7.78. The minimum absolute atomic E-state index is 0.00994. The van der Waals surface area contributed by atoms with Crippen molar-refractivity contribution in [3.63, 3.8) is 0 Å². The number of benzene rings is 2. The van der Waals surface area contributed by atoms with Gasteiger partial charge in [-0.2, -0.15) is 8.42 Å². The second-order valence-electron chi connectivity index (χ2n) is 7.22. The molecule has 0 heterocycles. The van der Waals surface area contributed by atoms with Gasteiger partial charge in [0.2, 0.25) is 0 Å². The maximum Gasteiger partial charge on any atom is 0.294 e. The van der Waals surface area contributed by atoms with Crippen molar-refractivity contribution in [1.29, 1.82) is 0 Å². The lowest BCUT2D eigenvalue weighted by Crippen LogP contribution is -2.29. The highest BCUT2D eigenvalue weighted by molar-refractivity contribution is 7.85. The first kappa shape index (κ1) is 21.5. The lowest BCUT2D eigenvalue weighted by Gasteiger charge is -2.30. The Morgan fingerprint density at radius 1 is 1.07 bits per heavy atom. The van der Waals surface area contributed by atoms with E-state index in [1.807, 2.05) is 12.1 Å². The molecule has 0 aromatic heterocycles. The number of hydrogen-bond donors (Lipinski definition) is 1. The van der Waals surface area contributed by atoms with E-state index in [1.54, 1.807) is 12.1 Å². The van der Waals surface area contributed by atoms with E-state index in [-0.39, 0.29) is 4.90 Å². The second-order valence-corrected chi connectivity index (χ2v) is 8.61. The summed E-state index contributed by atoms with van der Waals surface area (Å²) in [7, 11) is -4.24. The Kier molecular flexibility index (Phi) is 7.87. The zero-order valence-electron chi connectivity index (χ0n) is 16.6. The van der Waals surface area contributed by atoms with E-state index in [4.69, 9.17) is 0 Å². The van der Waals surface area contributed by atoms with Crippen LogP contribution < -0.4 is 4.90 Å². The fourth-order valence-electron chi connectivity index (χ4n) is 3.41. The van der Waals surface area contributed by atoms with Gasteiger partial charge in [-0.1, -0.05) is 63.4 Å². The molecule has 1 N–H and O–H groups in total. The average molecular weight is 390 g/mol. The third-order valence-electron chi connectivity index (χ3n) is 5.00. The van der Waals surface area contributed by atoms with Gasteiger partial charge in [0.1, 0.15) is 0 Å².